The molecule has 3 aliphatic rings. The Balaban J connectivity index is 1.35. The second-order valence-electron chi connectivity index (χ2n) is 8.83. The van der Waals surface area contributed by atoms with Gasteiger partial charge in [0, 0.05) is 5.56 Å². The van der Waals surface area contributed by atoms with E-state index in [0.717, 1.165) is 22.4 Å². The molecule has 2 fully saturated rings. The Kier molecular flexibility index (Phi) is 4.81. The summed E-state index contributed by atoms with van der Waals surface area (Å²) in [6, 6.07) is 11.7. The first-order chi connectivity index (χ1) is 15.4. The van der Waals surface area contributed by atoms with Crippen LogP contribution in [-0.4, -0.2) is 30.2 Å². The van der Waals surface area contributed by atoms with Gasteiger partial charge in [0.15, 0.2) is 12.4 Å². The monoisotopic (exact) mass is 429 g/mol. The van der Waals surface area contributed by atoms with Crippen LogP contribution in [0.4, 0.5) is 5.69 Å². The molecule has 5 rings (SSSR count). The van der Waals surface area contributed by atoms with E-state index in [9.17, 15) is 19.2 Å². The van der Waals surface area contributed by atoms with Crippen molar-refractivity contribution in [2.45, 2.75) is 20.3 Å². The van der Waals surface area contributed by atoms with Crippen LogP contribution >= 0.6 is 0 Å². The zero-order chi connectivity index (χ0) is 22.6. The molecule has 0 unspecified atom stereocenters. The number of anilines is 1. The molecule has 32 heavy (non-hydrogen) atoms. The summed E-state index contributed by atoms with van der Waals surface area (Å²) in [5, 5.41) is 0. The van der Waals surface area contributed by atoms with Crippen molar-refractivity contribution in [2.24, 2.45) is 23.7 Å². The highest BCUT2D eigenvalue weighted by atomic mass is 16.5. The number of para-hydroxylation sites is 1. The van der Waals surface area contributed by atoms with Gasteiger partial charge in [0.1, 0.15) is 0 Å². The number of rotatable bonds is 5. The summed E-state index contributed by atoms with van der Waals surface area (Å²) < 4.78 is 5.28. The van der Waals surface area contributed by atoms with Gasteiger partial charge < -0.3 is 4.74 Å². The van der Waals surface area contributed by atoms with E-state index >= 15 is 0 Å². The zero-order valence-corrected chi connectivity index (χ0v) is 17.9. The lowest BCUT2D eigenvalue weighted by molar-refractivity contribution is -0.123. The minimum Gasteiger partial charge on any atom is -0.454 e. The number of hydrogen-bond acceptors (Lipinski definition) is 5. The predicted octanol–water partition coefficient (Wildman–Crippen LogP) is 3.65. The quantitative estimate of drug-likeness (QED) is 0.314. The summed E-state index contributed by atoms with van der Waals surface area (Å²) in [5.74, 6) is -2.12. The van der Waals surface area contributed by atoms with Crippen LogP contribution in [0.15, 0.2) is 54.6 Å². The molecular formula is C26H23NO5. The molecule has 2 aromatic rings. The molecule has 1 saturated heterocycles. The molecule has 0 aromatic heterocycles. The second-order valence-corrected chi connectivity index (χ2v) is 8.83. The van der Waals surface area contributed by atoms with Crippen LogP contribution in [0.1, 0.15) is 38.3 Å². The van der Waals surface area contributed by atoms with Gasteiger partial charge >= 0.3 is 5.97 Å². The predicted molar refractivity (Wildman–Crippen MR) is 117 cm³/mol. The Morgan fingerprint density at radius 2 is 1.59 bits per heavy atom. The third-order valence-electron chi connectivity index (χ3n) is 7.00. The molecule has 4 atom stereocenters. The van der Waals surface area contributed by atoms with Crippen molar-refractivity contribution in [2.75, 3.05) is 11.5 Å². The van der Waals surface area contributed by atoms with Crippen molar-refractivity contribution in [1.82, 2.24) is 0 Å². The molecule has 1 aliphatic heterocycles. The van der Waals surface area contributed by atoms with Crippen LogP contribution in [-0.2, 0) is 14.3 Å². The number of ether oxygens (including phenoxy) is 1. The SMILES string of the molecule is Cc1ccc(C(=O)COC(=O)c2ccccc2N2C(=O)[C@H]3[C@H](C2=O)[C@H]2C=C[C@@H]3C2)cc1C. The molecule has 0 spiro atoms. The maximum atomic E-state index is 13.1. The first-order valence-corrected chi connectivity index (χ1v) is 10.8. The molecule has 162 valence electrons. The fraction of sp³-hybridized carbons (Fsp3) is 0.308. The van der Waals surface area contributed by atoms with E-state index in [1.807, 2.05) is 32.1 Å². The Hall–Kier alpha value is -3.54. The normalized spacial score (nSPS) is 25.4. The first kappa shape index (κ1) is 20.4. The largest absolute Gasteiger partial charge is 0.454 e. The summed E-state index contributed by atoms with van der Waals surface area (Å²) in [5.41, 5.74) is 2.84. The summed E-state index contributed by atoms with van der Waals surface area (Å²) >= 11 is 0. The standard InChI is InChI=1S/C26H23NO5/c1-14-7-8-16(11-15(14)2)21(28)13-32-26(31)19-5-3-4-6-20(19)27-24(29)22-17-9-10-18(12-17)23(22)25(27)30/h3-11,17-18,22-23H,12-13H2,1-2H3/t17-,18+,22-,23-/m1/s1. The van der Waals surface area contributed by atoms with E-state index in [1.165, 1.54) is 6.07 Å². The summed E-state index contributed by atoms with van der Waals surface area (Å²) in [6.07, 6.45) is 4.89. The van der Waals surface area contributed by atoms with Gasteiger partial charge in [0.05, 0.1) is 23.1 Å². The van der Waals surface area contributed by atoms with Gasteiger partial charge in [-0.05, 0) is 61.4 Å². The van der Waals surface area contributed by atoms with Gasteiger partial charge in [0.2, 0.25) is 11.8 Å². The number of Topliss-reactive ketones (excluding diaryl/α,β-unsaturated/α-hetero) is 1. The molecule has 0 N–H and O–H groups in total. The molecule has 6 nitrogen and oxygen atoms in total. The van der Waals surface area contributed by atoms with Crippen molar-refractivity contribution in [3.63, 3.8) is 0 Å². The number of allylic oxidation sites excluding steroid dienone is 2. The van der Waals surface area contributed by atoms with Gasteiger partial charge in [-0.25, -0.2) is 9.69 Å². The number of aryl methyl sites for hydroxylation is 2. The molecule has 2 bridgehead atoms. The van der Waals surface area contributed by atoms with E-state index < -0.39 is 12.6 Å². The van der Waals surface area contributed by atoms with Crippen molar-refractivity contribution in [3.05, 3.63) is 76.9 Å². The molecule has 1 saturated carbocycles. The smallest absolute Gasteiger partial charge is 0.340 e. The summed E-state index contributed by atoms with van der Waals surface area (Å²) in [7, 11) is 0. The number of fused-ring (bicyclic) bond motifs is 5. The van der Waals surface area contributed by atoms with Crippen LogP contribution in [0, 0.1) is 37.5 Å². The topological polar surface area (TPSA) is 80.8 Å². The van der Waals surface area contributed by atoms with E-state index in [0.29, 0.717) is 5.56 Å². The van der Waals surface area contributed by atoms with Crippen LogP contribution in [0.25, 0.3) is 0 Å². The third-order valence-corrected chi connectivity index (χ3v) is 7.00. The van der Waals surface area contributed by atoms with Gasteiger partial charge in [-0.1, -0.05) is 36.4 Å². The number of hydrogen-bond donors (Lipinski definition) is 0. The van der Waals surface area contributed by atoms with Crippen LogP contribution in [0.3, 0.4) is 0 Å². The van der Waals surface area contributed by atoms with E-state index in [1.54, 1.807) is 30.3 Å². The minimum atomic E-state index is -0.739. The molecule has 1 heterocycles. The number of imide groups is 1. The number of esters is 1. The van der Waals surface area contributed by atoms with Crippen LogP contribution in [0.2, 0.25) is 0 Å². The van der Waals surface area contributed by atoms with Crippen molar-refractivity contribution in [3.8, 4) is 0 Å². The van der Waals surface area contributed by atoms with Crippen LogP contribution < -0.4 is 4.90 Å². The minimum absolute atomic E-state index is 0.0844. The molecule has 6 heteroatoms. The summed E-state index contributed by atoms with van der Waals surface area (Å²) in [6.45, 7) is 3.45. The number of nitrogens with zero attached hydrogens (tertiary/aromatic N) is 1. The summed E-state index contributed by atoms with van der Waals surface area (Å²) in [4.78, 5) is 52.8. The molecule has 2 aliphatic carbocycles. The first-order valence-electron chi connectivity index (χ1n) is 10.8. The highest BCUT2D eigenvalue weighted by molar-refractivity contribution is 6.24. The highest BCUT2D eigenvalue weighted by Gasteiger charge is 2.59. The van der Waals surface area contributed by atoms with Gasteiger partial charge in [-0.15, -0.1) is 0 Å². The Morgan fingerprint density at radius 1 is 0.938 bits per heavy atom. The van der Waals surface area contributed by atoms with Gasteiger partial charge in [-0.2, -0.15) is 0 Å². The molecular weight excluding hydrogens is 406 g/mol. The number of amides is 2. The molecule has 2 amide bonds. The Bertz CT molecular complexity index is 1170. The number of benzene rings is 2. The molecule has 2 aromatic carbocycles. The average molecular weight is 429 g/mol. The van der Waals surface area contributed by atoms with Gasteiger partial charge in [0.25, 0.3) is 0 Å². The van der Waals surface area contributed by atoms with Crippen molar-refractivity contribution >= 4 is 29.3 Å². The maximum Gasteiger partial charge on any atom is 0.340 e. The lowest BCUT2D eigenvalue weighted by Gasteiger charge is -2.20. The van der Waals surface area contributed by atoms with E-state index in [2.05, 4.69) is 0 Å². The second kappa shape index (κ2) is 7.55. The lowest BCUT2D eigenvalue weighted by atomic mass is 9.85. The number of carbonyl (C=O) groups excluding carboxylic acids is 4. The maximum absolute atomic E-state index is 13.1. The van der Waals surface area contributed by atoms with Gasteiger partial charge in [-0.3, -0.25) is 14.4 Å². The van der Waals surface area contributed by atoms with E-state index in [-0.39, 0.29) is 52.5 Å². The number of ketones is 1. The molecule has 0 radical (unpaired) electrons. The Labute approximate surface area is 185 Å². The fourth-order valence-electron chi connectivity index (χ4n) is 5.19. The Morgan fingerprint density at radius 3 is 2.25 bits per heavy atom. The van der Waals surface area contributed by atoms with Crippen LogP contribution in [0.5, 0.6) is 0 Å². The number of carbonyl (C=O) groups is 4. The lowest BCUT2D eigenvalue weighted by Crippen LogP contribution is -2.34. The third kappa shape index (κ3) is 3.09. The fourth-order valence-corrected chi connectivity index (χ4v) is 5.19. The van der Waals surface area contributed by atoms with Crippen molar-refractivity contribution < 1.29 is 23.9 Å². The van der Waals surface area contributed by atoms with E-state index in [4.69, 9.17) is 4.74 Å². The highest BCUT2D eigenvalue weighted by Crippen LogP contribution is 2.53. The average Bonchev–Trinajstić information content (AvgIpc) is 3.47. The van der Waals surface area contributed by atoms with Crippen molar-refractivity contribution in [1.29, 1.82) is 0 Å². The zero-order valence-electron chi connectivity index (χ0n) is 17.9.